The van der Waals surface area contributed by atoms with E-state index in [1.165, 1.54) is 17.0 Å². The predicted molar refractivity (Wildman–Crippen MR) is 88.2 cm³/mol. The second kappa shape index (κ2) is 7.11. The fourth-order valence-corrected chi connectivity index (χ4v) is 3.12. The standard InChI is InChI=1S/C18H18ClFN2O/c19-17-7-2-1-4-15(17)13-21-8-10-22(11-9-21)18(23)14-5-3-6-16(20)12-14/h1-7,12H,8-11,13H2/p+1. The van der Waals surface area contributed by atoms with Crippen LogP contribution in [0.2, 0.25) is 5.02 Å². The number of halogens is 2. The van der Waals surface area contributed by atoms with Crippen molar-refractivity contribution in [3.8, 4) is 0 Å². The third-order valence-corrected chi connectivity index (χ3v) is 4.60. The maximum atomic E-state index is 13.2. The van der Waals surface area contributed by atoms with Crippen LogP contribution < -0.4 is 4.90 Å². The Morgan fingerprint density at radius 1 is 1.13 bits per heavy atom. The van der Waals surface area contributed by atoms with Crippen LogP contribution in [-0.4, -0.2) is 37.0 Å². The van der Waals surface area contributed by atoms with Crippen LogP contribution in [0.5, 0.6) is 0 Å². The number of benzene rings is 2. The van der Waals surface area contributed by atoms with Gasteiger partial charge in [0.05, 0.1) is 26.2 Å². The topological polar surface area (TPSA) is 24.8 Å². The molecule has 120 valence electrons. The average molecular weight is 334 g/mol. The zero-order valence-corrected chi connectivity index (χ0v) is 13.5. The molecule has 0 unspecified atom stereocenters. The van der Waals surface area contributed by atoms with Gasteiger partial charge >= 0.3 is 0 Å². The lowest BCUT2D eigenvalue weighted by Gasteiger charge is -2.32. The lowest BCUT2D eigenvalue weighted by Crippen LogP contribution is -3.13. The molecule has 5 heteroatoms. The molecule has 2 aromatic carbocycles. The number of hydrogen-bond acceptors (Lipinski definition) is 1. The van der Waals surface area contributed by atoms with E-state index in [0.29, 0.717) is 18.7 Å². The monoisotopic (exact) mass is 333 g/mol. The molecular formula is C18H19ClFN2O+. The van der Waals surface area contributed by atoms with E-state index in [4.69, 9.17) is 11.6 Å². The zero-order valence-electron chi connectivity index (χ0n) is 12.8. The minimum atomic E-state index is -0.376. The van der Waals surface area contributed by atoms with Crippen LogP contribution in [0, 0.1) is 5.82 Å². The maximum Gasteiger partial charge on any atom is 0.254 e. The molecule has 1 aliphatic heterocycles. The molecule has 0 spiro atoms. The number of nitrogens with one attached hydrogen (secondary N) is 1. The molecule has 1 saturated heterocycles. The molecule has 0 bridgehead atoms. The molecule has 3 nitrogen and oxygen atoms in total. The highest BCUT2D eigenvalue weighted by Gasteiger charge is 2.25. The summed E-state index contributed by atoms with van der Waals surface area (Å²) in [5.41, 5.74) is 1.55. The molecule has 0 aromatic heterocycles. The normalized spacial score (nSPS) is 15.7. The Labute approximate surface area is 140 Å². The molecular weight excluding hydrogens is 315 g/mol. The van der Waals surface area contributed by atoms with Gasteiger partial charge < -0.3 is 9.80 Å². The molecule has 0 saturated carbocycles. The fraction of sp³-hybridized carbons (Fsp3) is 0.278. The first kappa shape index (κ1) is 16.0. The summed E-state index contributed by atoms with van der Waals surface area (Å²) in [6.07, 6.45) is 0. The van der Waals surface area contributed by atoms with Gasteiger partial charge in [-0.2, -0.15) is 0 Å². The third kappa shape index (κ3) is 3.89. The number of carbonyl (C=O) groups excluding carboxylic acids is 1. The second-order valence-electron chi connectivity index (χ2n) is 5.82. The van der Waals surface area contributed by atoms with Crippen molar-refractivity contribution >= 4 is 17.5 Å². The summed E-state index contributed by atoms with van der Waals surface area (Å²) in [5.74, 6) is -0.472. The van der Waals surface area contributed by atoms with Gasteiger partial charge in [0.2, 0.25) is 0 Å². The SMILES string of the molecule is O=C(c1cccc(F)c1)N1CC[NH+](Cc2ccccc2Cl)CC1. The van der Waals surface area contributed by atoms with Gasteiger partial charge in [-0.05, 0) is 24.3 Å². The van der Waals surface area contributed by atoms with Crippen molar-refractivity contribution in [1.29, 1.82) is 0 Å². The Bertz CT molecular complexity index is 699. The van der Waals surface area contributed by atoms with Gasteiger partial charge in [0.15, 0.2) is 0 Å². The smallest absolute Gasteiger partial charge is 0.254 e. The first-order valence-electron chi connectivity index (χ1n) is 7.75. The minimum absolute atomic E-state index is 0.0960. The Morgan fingerprint density at radius 3 is 2.57 bits per heavy atom. The van der Waals surface area contributed by atoms with E-state index in [0.717, 1.165) is 30.2 Å². The van der Waals surface area contributed by atoms with Crippen LogP contribution >= 0.6 is 11.6 Å². The highest BCUT2D eigenvalue weighted by molar-refractivity contribution is 6.31. The van der Waals surface area contributed by atoms with Crippen molar-refractivity contribution in [2.24, 2.45) is 0 Å². The number of hydrogen-bond donors (Lipinski definition) is 1. The average Bonchev–Trinajstić information content (AvgIpc) is 2.57. The van der Waals surface area contributed by atoms with E-state index in [1.807, 2.05) is 24.3 Å². The molecule has 1 N–H and O–H groups in total. The quantitative estimate of drug-likeness (QED) is 0.913. The number of nitrogens with zero attached hydrogens (tertiary/aromatic N) is 1. The molecule has 23 heavy (non-hydrogen) atoms. The molecule has 3 rings (SSSR count). The van der Waals surface area contributed by atoms with Crippen LogP contribution in [0.25, 0.3) is 0 Å². The van der Waals surface area contributed by atoms with Gasteiger partial charge in [0, 0.05) is 16.1 Å². The molecule has 2 aromatic rings. The van der Waals surface area contributed by atoms with E-state index in [-0.39, 0.29) is 11.7 Å². The predicted octanol–water partition coefficient (Wildman–Crippen LogP) is 2.02. The molecule has 1 fully saturated rings. The number of rotatable bonds is 3. The summed E-state index contributed by atoms with van der Waals surface area (Å²) < 4.78 is 13.2. The summed E-state index contributed by atoms with van der Waals surface area (Å²) in [4.78, 5) is 15.6. The fourth-order valence-electron chi connectivity index (χ4n) is 2.92. The maximum absolute atomic E-state index is 13.2. The van der Waals surface area contributed by atoms with E-state index in [1.54, 1.807) is 17.0 Å². The van der Waals surface area contributed by atoms with E-state index >= 15 is 0 Å². The van der Waals surface area contributed by atoms with E-state index in [9.17, 15) is 9.18 Å². The van der Waals surface area contributed by atoms with Crippen LogP contribution in [-0.2, 0) is 6.54 Å². The van der Waals surface area contributed by atoms with Crippen molar-refractivity contribution in [1.82, 2.24) is 4.90 Å². The molecule has 1 aliphatic rings. The summed E-state index contributed by atoms with van der Waals surface area (Å²) in [5, 5.41) is 0.790. The van der Waals surface area contributed by atoms with Crippen molar-refractivity contribution in [2.75, 3.05) is 26.2 Å². The third-order valence-electron chi connectivity index (χ3n) is 4.23. The highest BCUT2D eigenvalue weighted by Crippen LogP contribution is 2.13. The van der Waals surface area contributed by atoms with Crippen LogP contribution in [0.15, 0.2) is 48.5 Å². The first-order valence-corrected chi connectivity index (χ1v) is 8.13. The zero-order chi connectivity index (χ0) is 16.2. The van der Waals surface area contributed by atoms with Gasteiger partial charge in [0.25, 0.3) is 5.91 Å². The van der Waals surface area contributed by atoms with Crippen LogP contribution in [0.3, 0.4) is 0 Å². The highest BCUT2D eigenvalue weighted by atomic mass is 35.5. The minimum Gasteiger partial charge on any atom is -0.328 e. The van der Waals surface area contributed by atoms with Crippen molar-refractivity contribution in [3.63, 3.8) is 0 Å². The molecule has 0 aliphatic carbocycles. The largest absolute Gasteiger partial charge is 0.328 e. The van der Waals surface area contributed by atoms with Gasteiger partial charge in [-0.25, -0.2) is 4.39 Å². The number of quaternary nitrogens is 1. The Balaban J connectivity index is 1.58. The summed E-state index contributed by atoms with van der Waals surface area (Å²) in [6, 6.07) is 13.7. The summed E-state index contributed by atoms with van der Waals surface area (Å²) in [6.45, 7) is 3.95. The molecule has 0 atom stereocenters. The lowest BCUT2D eigenvalue weighted by molar-refractivity contribution is -0.917. The van der Waals surface area contributed by atoms with Crippen molar-refractivity contribution in [3.05, 3.63) is 70.5 Å². The van der Waals surface area contributed by atoms with Gasteiger partial charge in [-0.3, -0.25) is 4.79 Å². The van der Waals surface area contributed by atoms with Gasteiger partial charge in [-0.1, -0.05) is 35.9 Å². The second-order valence-corrected chi connectivity index (χ2v) is 6.23. The van der Waals surface area contributed by atoms with E-state index < -0.39 is 0 Å². The Hall–Kier alpha value is -1.91. The van der Waals surface area contributed by atoms with Gasteiger partial charge in [-0.15, -0.1) is 0 Å². The Kier molecular flexibility index (Phi) is 4.94. The van der Waals surface area contributed by atoms with Crippen molar-refractivity contribution in [2.45, 2.75) is 6.54 Å². The van der Waals surface area contributed by atoms with Crippen molar-refractivity contribution < 1.29 is 14.1 Å². The lowest BCUT2D eigenvalue weighted by atomic mass is 10.1. The summed E-state index contributed by atoms with van der Waals surface area (Å²) >= 11 is 6.20. The first-order chi connectivity index (χ1) is 11.1. The van der Waals surface area contributed by atoms with E-state index in [2.05, 4.69) is 0 Å². The van der Waals surface area contributed by atoms with Gasteiger partial charge in [0.1, 0.15) is 12.4 Å². The van der Waals surface area contributed by atoms with Crippen LogP contribution in [0.4, 0.5) is 4.39 Å². The number of piperazine rings is 1. The molecule has 1 amide bonds. The molecule has 0 radical (unpaired) electrons. The Morgan fingerprint density at radius 2 is 1.87 bits per heavy atom. The number of carbonyl (C=O) groups is 1. The number of amides is 1. The molecule has 1 heterocycles. The van der Waals surface area contributed by atoms with Crippen LogP contribution in [0.1, 0.15) is 15.9 Å². The summed E-state index contributed by atoms with van der Waals surface area (Å²) in [7, 11) is 0.